The fourth-order valence-corrected chi connectivity index (χ4v) is 5.96. The first-order valence-corrected chi connectivity index (χ1v) is 14.2. The first-order chi connectivity index (χ1) is 18.8. The van der Waals surface area contributed by atoms with E-state index in [4.69, 9.17) is 4.74 Å². The molecule has 3 amide bonds. The van der Waals surface area contributed by atoms with Gasteiger partial charge in [0, 0.05) is 56.6 Å². The van der Waals surface area contributed by atoms with Crippen LogP contribution in [0.3, 0.4) is 0 Å². The van der Waals surface area contributed by atoms with Crippen molar-refractivity contribution in [3.8, 4) is 5.75 Å². The molecule has 1 atom stereocenters. The third kappa shape index (κ3) is 5.33. The maximum Gasteiger partial charge on any atom is 0.274 e. The standard InChI is InChI=1S/C29H40N6O4/c1-4-5-13-34-27(37)25-19-24(31-35(25)20-29(34,2)28(38)30-21-9-6-7-10-21)26(36)33-16-14-32(15-17-33)22-11-8-12-23(18-22)39-3/h8,11-12,18-19,21H,4-7,9-10,13-17,20H2,1-3H3,(H,30,38)/t29-/m0/s1. The number of piperazine rings is 1. The highest BCUT2D eigenvalue weighted by Crippen LogP contribution is 2.30. The van der Waals surface area contributed by atoms with Gasteiger partial charge < -0.3 is 24.8 Å². The summed E-state index contributed by atoms with van der Waals surface area (Å²) in [5.74, 6) is 0.234. The van der Waals surface area contributed by atoms with Crippen LogP contribution in [0.1, 0.15) is 73.3 Å². The van der Waals surface area contributed by atoms with Crippen LogP contribution in [0.15, 0.2) is 30.3 Å². The molecule has 0 radical (unpaired) electrons. The van der Waals surface area contributed by atoms with Crippen molar-refractivity contribution in [1.29, 1.82) is 0 Å². The topological polar surface area (TPSA) is 100 Å². The Morgan fingerprint density at radius 3 is 2.56 bits per heavy atom. The van der Waals surface area contributed by atoms with E-state index in [0.29, 0.717) is 38.4 Å². The predicted octanol–water partition coefficient (Wildman–Crippen LogP) is 2.93. The molecule has 1 N–H and O–H groups in total. The molecular formula is C29H40N6O4. The van der Waals surface area contributed by atoms with E-state index < -0.39 is 5.54 Å². The van der Waals surface area contributed by atoms with Gasteiger partial charge in [-0.05, 0) is 38.3 Å². The fourth-order valence-electron chi connectivity index (χ4n) is 5.96. The lowest BCUT2D eigenvalue weighted by atomic mass is 9.94. The van der Waals surface area contributed by atoms with Crippen molar-refractivity contribution in [3.63, 3.8) is 0 Å². The van der Waals surface area contributed by atoms with Gasteiger partial charge in [0.2, 0.25) is 5.91 Å². The zero-order valence-corrected chi connectivity index (χ0v) is 23.3. The molecule has 2 aliphatic heterocycles. The Bertz CT molecular complexity index is 1210. The highest BCUT2D eigenvalue weighted by molar-refractivity contribution is 6.02. The molecule has 10 nitrogen and oxygen atoms in total. The van der Waals surface area contributed by atoms with Gasteiger partial charge in [-0.25, -0.2) is 0 Å². The van der Waals surface area contributed by atoms with Crippen LogP contribution in [0.4, 0.5) is 5.69 Å². The molecule has 5 rings (SSSR count). The van der Waals surface area contributed by atoms with Crippen molar-refractivity contribution >= 4 is 23.4 Å². The van der Waals surface area contributed by atoms with Gasteiger partial charge in [0.05, 0.1) is 13.7 Å². The summed E-state index contributed by atoms with van der Waals surface area (Å²) in [6.07, 6.45) is 5.89. The number of nitrogens with one attached hydrogen (secondary N) is 1. The van der Waals surface area contributed by atoms with Crippen molar-refractivity contribution in [2.75, 3.05) is 44.7 Å². The number of hydrogen-bond donors (Lipinski definition) is 1. The Kier molecular flexibility index (Phi) is 7.81. The molecule has 0 unspecified atom stereocenters. The highest BCUT2D eigenvalue weighted by atomic mass is 16.5. The quantitative estimate of drug-likeness (QED) is 0.557. The first kappa shape index (κ1) is 27.0. The zero-order valence-electron chi connectivity index (χ0n) is 23.3. The summed E-state index contributed by atoms with van der Waals surface area (Å²) in [6.45, 7) is 7.10. The molecule has 1 saturated carbocycles. The van der Waals surface area contributed by atoms with Crippen molar-refractivity contribution in [2.45, 2.75) is 70.5 Å². The Morgan fingerprint density at radius 1 is 1.13 bits per heavy atom. The molecule has 3 aliphatic rings. The van der Waals surface area contributed by atoms with Gasteiger partial charge in [-0.2, -0.15) is 5.10 Å². The van der Waals surface area contributed by atoms with E-state index in [1.54, 1.807) is 27.7 Å². The maximum absolute atomic E-state index is 13.7. The van der Waals surface area contributed by atoms with E-state index in [9.17, 15) is 14.4 Å². The number of fused-ring (bicyclic) bond motifs is 1. The van der Waals surface area contributed by atoms with Gasteiger partial charge in [0.25, 0.3) is 11.8 Å². The number of ether oxygens (including phenoxy) is 1. The van der Waals surface area contributed by atoms with Crippen molar-refractivity contribution < 1.29 is 19.1 Å². The minimum absolute atomic E-state index is 0.137. The molecule has 2 fully saturated rings. The number of nitrogens with zero attached hydrogens (tertiary/aromatic N) is 5. The monoisotopic (exact) mass is 536 g/mol. The number of aromatic nitrogens is 2. The molecule has 0 spiro atoms. The minimum Gasteiger partial charge on any atom is -0.497 e. The SMILES string of the molecule is CCCCN1C(=O)c2cc(C(=O)N3CCN(c4cccc(OC)c4)CC3)nn2C[C@@]1(C)C(=O)NC1CCCC1. The molecule has 1 aromatic heterocycles. The third-order valence-corrected chi connectivity index (χ3v) is 8.42. The van der Waals surface area contributed by atoms with Crippen LogP contribution in [0.2, 0.25) is 0 Å². The molecule has 1 aliphatic carbocycles. The van der Waals surface area contributed by atoms with E-state index in [0.717, 1.165) is 50.0 Å². The summed E-state index contributed by atoms with van der Waals surface area (Å²) < 4.78 is 6.91. The minimum atomic E-state index is -1.06. The van der Waals surface area contributed by atoms with Crippen LogP contribution in [0, 0.1) is 0 Å². The average molecular weight is 537 g/mol. The van der Waals surface area contributed by atoms with Crippen LogP contribution in [-0.2, 0) is 11.3 Å². The summed E-state index contributed by atoms with van der Waals surface area (Å²) >= 11 is 0. The van der Waals surface area contributed by atoms with Crippen LogP contribution in [0.5, 0.6) is 5.75 Å². The van der Waals surface area contributed by atoms with Gasteiger partial charge in [0.1, 0.15) is 17.0 Å². The lowest BCUT2D eigenvalue weighted by Crippen LogP contribution is -2.65. The number of carbonyl (C=O) groups is 3. The summed E-state index contributed by atoms with van der Waals surface area (Å²) in [4.78, 5) is 46.4. The van der Waals surface area contributed by atoms with Crippen molar-refractivity contribution in [2.24, 2.45) is 0 Å². The molecule has 3 heterocycles. The maximum atomic E-state index is 13.7. The van der Waals surface area contributed by atoms with E-state index in [-0.39, 0.29) is 36.0 Å². The Hall–Kier alpha value is -3.56. The fraction of sp³-hybridized carbons (Fsp3) is 0.586. The molecule has 2 aromatic rings. The summed E-state index contributed by atoms with van der Waals surface area (Å²) in [6, 6.07) is 9.67. The summed E-state index contributed by atoms with van der Waals surface area (Å²) in [7, 11) is 1.65. The van der Waals surface area contributed by atoms with E-state index in [1.165, 1.54) is 0 Å². The van der Waals surface area contributed by atoms with Gasteiger partial charge >= 0.3 is 0 Å². The Balaban J connectivity index is 1.31. The number of methoxy groups -OCH3 is 1. The second-order valence-corrected chi connectivity index (χ2v) is 11.1. The number of rotatable bonds is 8. The van der Waals surface area contributed by atoms with Crippen molar-refractivity contribution in [1.82, 2.24) is 24.9 Å². The summed E-state index contributed by atoms with van der Waals surface area (Å²) in [5, 5.41) is 7.76. The number of hydrogen-bond acceptors (Lipinski definition) is 6. The van der Waals surface area contributed by atoms with E-state index in [1.807, 2.05) is 31.2 Å². The molecule has 1 saturated heterocycles. The van der Waals surface area contributed by atoms with E-state index >= 15 is 0 Å². The first-order valence-electron chi connectivity index (χ1n) is 14.2. The van der Waals surface area contributed by atoms with Gasteiger partial charge in [-0.3, -0.25) is 19.1 Å². The number of amides is 3. The number of unbranched alkanes of at least 4 members (excludes halogenated alkanes) is 1. The average Bonchev–Trinajstić information content (AvgIpc) is 3.63. The lowest BCUT2D eigenvalue weighted by Gasteiger charge is -2.43. The van der Waals surface area contributed by atoms with E-state index in [2.05, 4.69) is 22.2 Å². The Morgan fingerprint density at radius 2 is 1.87 bits per heavy atom. The second-order valence-electron chi connectivity index (χ2n) is 11.1. The summed E-state index contributed by atoms with van der Waals surface area (Å²) in [5.41, 5.74) is 0.628. The largest absolute Gasteiger partial charge is 0.497 e. The molecule has 10 heteroatoms. The van der Waals surface area contributed by atoms with Gasteiger partial charge in [0.15, 0.2) is 5.69 Å². The highest BCUT2D eigenvalue weighted by Gasteiger charge is 2.48. The smallest absolute Gasteiger partial charge is 0.274 e. The Labute approximate surface area is 230 Å². The number of carbonyl (C=O) groups excluding carboxylic acids is 3. The zero-order chi connectivity index (χ0) is 27.6. The number of anilines is 1. The second kappa shape index (κ2) is 11.3. The van der Waals surface area contributed by atoms with Crippen LogP contribution in [-0.4, -0.2) is 88.7 Å². The van der Waals surface area contributed by atoms with Crippen LogP contribution < -0.4 is 15.0 Å². The molecule has 39 heavy (non-hydrogen) atoms. The normalized spacial score (nSPS) is 21.7. The molecule has 210 valence electrons. The molecule has 1 aromatic carbocycles. The van der Waals surface area contributed by atoms with Gasteiger partial charge in [-0.1, -0.05) is 32.3 Å². The van der Waals surface area contributed by atoms with Crippen LogP contribution in [0.25, 0.3) is 0 Å². The van der Waals surface area contributed by atoms with Gasteiger partial charge in [-0.15, -0.1) is 0 Å². The van der Waals surface area contributed by atoms with Crippen molar-refractivity contribution in [3.05, 3.63) is 41.7 Å². The van der Waals surface area contributed by atoms with Crippen LogP contribution >= 0.6 is 0 Å². The molecular weight excluding hydrogens is 496 g/mol. The third-order valence-electron chi connectivity index (χ3n) is 8.42. The predicted molar refractivity (Wildman–Crippen MR) is 148 cm³/mol. The lowest BCUT2D eigenvalue weighted by molar-refractivity contribution is -0.133. The molecule has 0 bridgehead atoms. The number of benzene rings is 1.